The molecule has 0 atom stereocenters. The van der Waals surface area contributed by atoms with E-state index in [0.29, 0.717) is 23.9 Å². The van der Waals surface area contributed by atoms with Gasteiger partial charge >= 0.3 is 0 Å². The smallest absolute Gasteiger partial charge is 0.173 e. The molecule has 1 aromatic carbocycles. The zero-order valence-electron chi connectivity index (χ0n) is 18.2. The van der Waals surface area contributed by atoms with E-state index in [2.05, 4.69) is 80.9 Å². The molecular formula is C23H39N3S. The monoisotopic (exact) mass is 389 g/mol. The van der Waals surface area contributed by atoms with E-state index in [4.69, 9.17) is 12.2 Å². The van der Waals surface area contributed by atoms with Crippen molar-refractivity contribution >= 4 is 23.0 Å². The summed E-state index contributed by atoms with van der Waals surface area (Å²) >= 11 is 5.86. The van der Waals surface area contributed by atoms with Crippen LogP contribution in [0.4, 0.5) is 5.69 Å². The lowest BCUT2D eigenvalue weighted by Crippen LogP contribution is -2.50. The summed E-state index contributed by atoms with van der Waals surface area (Å²) in [5, 5.41) is 4.39. The summed E-state index contributed by atoms with van der Waals surface area (Å²) in [6, 6.07) is 9.91. The zero-order chi connectivity index (χ0) is 20.0. The van der Waals surface area contributed by atoms with Crippen LogP contribution in [-0.2, 0) is 0 Å². The summed E-state index contributed by atoms with van der Waals surface area (Å²) in [7, 11) is 0. The number of piperidine rings is 1. The zero-order valence-corrected chi connectivity index (χ0v) is 19.0. The van der Waals surface area contributed by atoms with Crippen molar-refractivity contribution in [2.45, 2.75) is 78.8 Å². The maximum Gasteiger partial charge on any atom is 0.173 e. The van der Waals surface area contributed by atoms with Crippen molar-refractivity contribution in [3.8, 4) is 0 Å². The summed E-state index contributed by atoms with van der Waals surface area (Å²) in [4.78, 5) is 5.04. The lowest BCUT2D eigenvalue weighted by molar-refractivity contribution is 0.126. The van der Waals surface area contributed by atoms with Gasteiger partial charge in [-0.05, 0) is 74.9 Å². The average molecular weight is 390 g/mol. The van der Waals surface area contributed by atoms with Gasteiger partial charge in [0.05, 0.1) is 0 Å². The highest BCUT2D eigenvalue weighted by molar-refractivity contribution is 7.80. The van der Waals surface area contributed by atoms with E-state index in [9.17, 15) is 0 Å². The Morgan fingerprint density at radius 2 is 1.67 bits per heavy atom. The molecule has 4 heteroatoms. The molecule has 0 amide bonds. The van der Waals surface area contributed by atoms with Gasteiger partial charge in [0.15, 0.2) is 5.11 Å². The molecule has 152 valence electrons. The molecule has 3 nitrogen and oxygen atoms in total. The van der Waals surface area contributed by atoms with Crippen LogP contribution in [0.5, 0.6) is 0 Å². The normalized spacial score (nSPS) is 16.3. The summed E-state index contributed by atoms with van der Waals surface area (Å²) in [5.41, 5.74) is 2.46. The molecule has 0 aliphatic carbocycles. The quantitative estimate of drug-likeness (QED) is 0.600. The van der Waals surface area contributed by atoms with Crippen molar-refractivity contribution in [1.82, 2.24) is 9.80 Å². The number of rotatable bonds is 7. The molecule has 2 rings (SSSR count). The Morgan fingerprint density at radius 1 is 1.07 bits per heavy atom. The minimum atomic E-state index is 0.550. The van der Waals surface area contributed by atoms with Gasteiger partial charge in [0.25, 0.3) is 0 Å². The van der Waals surface area contributed by atoms with E-state index in [1.165, 1.54) is 37.9 Å². The van der Waals surface area contributed by atoms with Crippen LogP contribution in [0.1, 0.15) is 72.3 Å². The Kier molecular flexibility index (Phi) is 8.56. The molecule has 1 N–H and O–H groups in total. The largest absolute Gasteiger partial charge is 0.346 e. The van der Waals surface area contributed by atoms with Crippen molar-refractivity contribution in [3.05, 3.63) is 29.8 Å². The number of anilines is 1. The second-order valence-corrected chi connectivity index (χ2v) is 9.33. The van der Waals surface area contributed by atoms with Gasteiger partial charge in [0.2, 0.25) is 0 Å². The van der Waals surface area contributed by atoms with Gasteiger partial charge in [-0.2, -0.15) is 0 Å². The number of thiocarbonyl (C=S) groups is 1. The average Bonchev–Trinajstić information content (AvgIpc) is 2.62. The van der Waals surface area contributed by atoms with E-state index in [1.54, 1.807) is 0 Å². The first-order valence-electron chi connectivity index (χ1n) is 10.7. The van der Waals surface area contributed by atoms with E-state index < -0.39 is 0 Å². The molecule has 0 bridgehead atoms. The number of likely N-dealkylation sites (tertiary alicyclic amines) is 1. The van der Waals surface area contributed by atoms with Gasteiger partial charge in [0, 0.05) is 37.4 Å². The van der Waals surface area contributed by atoms with Gasteiger partial charge in [0.1, 0.15) is 0 Å². The Balaban J connectivity index is 2.02. The number of benzene rings is 1. The molecule has 0 aromatic heterocycles. The lowest BCUT2D eigenvalue weighted by atomic mass is 10.0. The van der Waals surface area contributed by atoms with Crippen LogP contribution >= 0.6 is 12.2 Å². The van der Waals surface area contributed by atoms with Crippen molar-refractivity contribution < 1.29 is 0 Å². The van der Waals surface area contributed by atoms with Crippen LogP contribution in [0, 0.1) is 5.92 Å². The molecule has 1 aliphatic heterocycles. The molecule has 1 aliphatic rings. The summed E-state index contributed by atoms with van der Waals surface area (Å²) in [5.74, 6) is 1.25. The lowest BCUT2D eigenvalue weighted by Gasteiger charge is -2.41. The standard InChI is InChI=1S/C23H39N3S/c1-17(2)11-16-26(22-12-14-25(15-13-22)19(5)6)23(27)24-21-9-7-20(8-10-21)18(3)4/h7-10,17-19,22H,11-16H2,1-6H3,(H,24,27). The topological polar surface area (TPSA) is 18.5 Å². The summed E-state index contributed by atoms with van der Waals surface area (Å²) < 4.78 is 0. The molecule has 0 radical (unpaired) electrons. The van der Waals surface area contributed by atoms with Gasteiger partial charge in [-0.3, -0.25) is 0 Å². The minimum Gasteiger partial charge on any atom is -0.346 e. The van der Waals surface area contributed by atoms with E-state index >= 15 is 0 Å². The number of hydrogen-bond acceptors (Lipinski definition) is 2. The van der Waals surface area contributed by atoms with Gasteiger partial charge in [-0.1, -0.05) is 39.8 Å². The van der Waals surface area contributed by atoms with E-state index in [0.717, 1.165) is 17.3 Å². The minimum absolute atomic E-state index is 0.550. The maximum atomic E-state index is 5.86. The van der Waals surface area contributed by atoms with Crippen molar-refractivity contribution in [2.75, 3.05) is 25.0 Å². The highest BCUT2D eigenvalue weighted by atomic mass is 32.1. The number of nitrogens with zero attached hydrogens (tertiary/aromatic N) is 2. The second-order valence-electron chi connectivity index (χ2n) is 8.94. The third-order valence-electron chi connectivity index (χ3n) is 5.71. The van der Waals surface area contributed by atoms with E-state index in [-0.39, 0.29) is 0 Å². The predicted molar refractivity (Wildman–Crippen MR) is 123 cm³/mol. The highest BCUT2D eigenvalue weighted by Crippen LogP contribution is 2.22. The van der Waals surface area contributed by atoms with Crippen LogP contribution in [0.2, 0.25) is 0 Å². The number of hydrogen-bond donors (Lipinski definition) is 1. The first-order valence-corrected chi connectivity index (χ1v) is 11.1. The highest BCUT2D eigenvalue weighted by Gasteiger charge is 2.27. The Labute approximate surface area is 172 Å². The van der Waals surface area contributed by atoms with Crippen LogP contribution in [0.3, 0.4) is 0 Å². The maximum absolute atomic E-state index is 5.86. The summed E-state index contributed by atoms with van der Waals surface area (Å²) in [6.45, 7) is 17.0. The van der Waals surface area contributed by atoms with Gasteiger partial charge in [-0.25, -0.2) is 0 Å². The summed E-state index contributed by atoms with van der Waals surface area (Å²) in [6.07, 6.45) is 3.58. The van der Waals surface area contributed by atoms with Gasteiger partial charge < -0.3 is 15.1 Å². The Bertz CT molecular complexity index is 572. The van der Waals surface area contributed by atoms with Crippen molar-refractivity contribution in [2.24, 2.45) is 5.92 Å². The fraction of sp³-hybridized carbons (Fsp3) is 0.696. The van der Waals surface area contributed by atoms with Gasteiger partial charge in [-0.15, -0.1) is 0 Å². The number of nitrogens with one attached hydrogen (secondary N) is 1. The predicted octanol–water partition coefficient (Wildman–Crippen LogP) is 5.73. The van der Waals surface area contributed by atoms with Crippen LogP contribution in [0.25, 0.3) is 0 Å². The first kappa shape index (κ1) is 22.2. The van der Waals surface area contributed by atoms with Crippen LogP contribution < -0.4 is 5.32 Å². The fourth-order valence-corrected chi connectivity index (χ4v) is 4.07. The Morgan fingerprint density at radius 3 is 2.15 bits per heavy atom. The SMILES string of the molecule is CC(C)CCN(C(=S)Nc1ccc(C(C)C)cc1)C1CCN(C(C)C)CC1. The van der Waals surface area contributed by atoms with Crippen LogP contribution in [0.15, 0.2) is 24.3 Å². The van der Waals surface area contributed by atoms with Crippen molar-refractivity contribution in [3.63, 3.8) is 0 Å². The molecule has 1 saturated heterocycles. The molecule has 1 aromatic rings. The van der Waals surface area contributed by atoms with E-state index in [1.807, 2.05) is 0 Å². The molecule has 27 heavy (non-hydrogen) atoms. The molecular weight excluding hydrogens is 350 g/mol. The first-order chi connectivity index (χ1) is 12.8. The third-order valence-corrected chi connectivity index (χ3v) is 6.04. The third kappa shape index (κ3) is 6.76. The molecule has 1 heterocycles. The Hall–Kier alpha value is -1.13. The molecule has 1 fully saturated rings. The second kappa shape index (κ2) is 10.4. The molecule has 0 spiro atoms. The van der Waals surface area contributed by atoms with Crippen molar-refractivity contribution in [1.29, 1.82) is 0 Å². The molecule has 0 unspecified atom stereocenters. The van der Waals surface area contributed by atoms with Crippen LogP contribution in [-0.4, -0.2) is 46.6 Å². The molecule has 0 saturated carbocycles. The fourth-order valence-electron chi connectivity index (χ4n) is 3.71.